The van der Waals surface area contributed by atoms with E-state index in [1.54, 1.807) is 0 Å². The molecule has 0 nitrogen and oxygen atoms in total. The van der Waals surface area contributed by atoms with Gasteiger partial charge in [-0.05, 0) is 6.42 Å². The fraction of sp³-hybridized carbons (Fsp3) is 0.0769. The van der Waals surface area contributed by atoms with Gasteiger partial charge in [0, 0.05) is 0 Å². The zero-order chi connectivity index (χ0) is 11.4. The summed E-state index contributed by atoms with van der Waals surface area (Å²) in [6, 6.07) is 12.0. The van der Waals surface area contributed by atoms with Crippen molar-refractivity contribution in [3.8, 4) is 0 Å². The smallest absolute Gasteiger partial charge is 1.00 e. The SMILES string of the molecule is C1=CCC=C1.FB(F)F.[CH3-].[CH3-].[F-].[Fe+2].c1ccccc1. The second-order valence-electron chi connectivity index (χ2n) is 2.49. The maximum atomic E-state index is 9.67. The molecule has 0 radical (unpaired) electrons. The number of rotatable bonds is 0. The average molecular weight is 317 g/mol. The van der Waals surface area contributed by atoms with Gasteiger partial charge in [-0.25, -0.2) is 0 Å². The van der Waals surface area contributed by atoms with E-state index in [1.165, 1.54) is 0 Å². The minimum Gasteiger partial charge on any atom is -1.00 e. The third kappa shape index (κ3) is 38.2. The zero-order valence-corrected chi connectivity index (χ0v) is 12.0. The van der Waals surface area contributed by atoms with Crippen LogP contribution in [0.15, 0.2) is 60.7 Å². The number of benzene rings is 1. The van der Waals surface area contributed by atoms with Crippen LogP contribution in [-0.2, 0) is 17.1 Å². The van der Waals surface area contributed by atoms with Crippen LogP contribution in [0.4, 0.5) is 12.9 Å². The molecule has 19 heavy (non-hydrogen) atoms. The van der Waals surface area contributed by atoms with Gasteiger partial charge in [-0.3, -0.25) is 12.9 Å². The van der Waals surface area contributed by atoms with Crippen LogP contribution in [0.25, 0.3) is 0 Å². The Morgan fingerprint density at radius 1 is 0.684 bits per heavy atom. The summed E-state index contributed by atoms with van der Waals surface area (Å²) in [7, 11) is -3.67. The molecule has 0 amide bonds. The Balaban J connectivity index is -0.0000000475. The van der Waals surface area contributed by atoms with Gasteiger partial charge >= 0.3 is 24.6 Å². The molecule has 0 aliphatic heterocycles. The molecule has 1 aromatic carbocycles. The van der Waals surface area contributed by atoms with Crippen LogP contribution in [0.2, 0.25) is 0 Å². The van der Waals surface area contributed by atoms with E-state index in [1.807, 2.05) is 36.4 Å². The predicted octanol–water partition coefficient (Wildman–Crippen LogP) is 1.97. The van der Waals surface area contributed by atoms with Gasteiger partial charge in [-0.1, -0.05) is 60.7 Å². The van der Waals surface area contributed by atoms with Gasteiger partial charge < -0.3 is 19.6 Å². The Morgan fingerprint density at radius 2 is 0.895 bits per heavy atom. The van der Waals surface area contributed by atoms with Gasteiger partial charge in [0.2, 0.25) is 0 Å². The third-order valence-corrected chi connectivity index (χ3v) is 1.32. The molecule has 2 rings (SSSR count). The molecule has 1 aromatic rings. The monoisotopic (exact) mass is 317 g/mol. The molecular formula is C13H18BF4Fe-. The Hall–Kier alpha value is -0.996. The first kappa shape index (κ1) is 30.8. The van der Waals surface area contributed by atoms with E-state index in [-0.39, 0.29) is 36.6 Å². The maximum Gasteiger partial charge on any atom is 2.00 e. The van der Waals surface area contributed by atoms with Crippen molar-refractivity contribution in [1.29, 1.82) is 0 Å². The first-order valence-electron chi connectivity index (χ1n) is 4.47. The molecule has 110 valence electrons. The molecule has 0 heterocycles. The summed E-state index contributed by atoms with van der Waals surface area (Å²) in [5.74, 6) is 0. The standard InChI is InChI=1S/C6H6.C5H6.2CH3.BF3.FH.Fe/c1-2-4-6-5-3-1;1-2-4-5-3-1;;;2-1(3)4;;/h1-6H;1-4H,5H2;2*1H3;;1H;/q;;2*-1;;;+2/p-1. The summed E-state index contributed by atoms with van der Waals surface area (Å²) < 4.78 is 29.0. The summed E-state index contributed by atoms with van der Waals surface area (Å²) in [6.45, 7) is 0. The average Bonchev–Trinajstić information content (AvgIpc) is 2.77. The summed E-state index contributed by atoms with van der Waals surface area (Å²) in [5, 5.41) is 0. The van der Waals surface area contributed by atoms with Gasteiger partial charge in [0.05, 0.1) is 0 Å². The van der Waals surface area contributed by atoms with Gasteiger partial charge in [-0.2, -0.15) is 0 Å². The first-order valence-corrected chi connectivity index (χ1v) is 4.47. The molecule has 0 fully saturated rings. The summed E-state index contributed by atoms with van der Waals surface area (Å²) in [4.78, 5) is 0. The van der Waals surface area contributed by atoms with Crippen molar-refractivity contribution < 1.29 is 34.7 Å². The Kier molecular flexibility index (Phi) is 41.7. The van der Waals surface area contributed by atoms with Crippen molar-refractivity contribution in [3.63, 3.8) is 0 Å². The van der Waals surface area contributed by atoms with Gasteiger partial charge in [0.1, 0.15) is 0 Å². The van der Waals surface area contributed by atoms with Gasteiger partial charge in [0.15, 0.2) is 0 Å². The van der Waals surface area contributed by atoms with E-state index < -0.39 is 7.54 Å². The van der Waals surface area contributed by atoms with Crippen LogP contribution in [-0.4, -0.2) is 7.54 Å². The minimum absolute atomic E-state index is 0. The molecule has 0 N–H and O–H groups in total. The maximum absolute atomic E-state index is 9.67. The fourth-order valence-corrected chi connectivity index (χ4v) is 0.778. The largest absolute Gasteiger partial charge is 2.00 e. The molecule has 1 aliphatic rings. The number of hydrogen-bond acceptors (Lipinski definition) is 0. The molecule has 0 atom stereocenters. The van der Waals surface area contributed by atoms with E-state index in [9.17, 15) is 12.9 Å². The second kappa shape index (κ2) is 25.8. The number of halogens is 4. The molecule has 0 bridgehead atoms. The molecule has 0 saturated heterocycles. The Bertz CT molecular complexity index is 240. The van der Waals surface area contributed by atoms with Crippen LogP contribution < -0.4 is 4.70 Å². The van der Waals surface area contributed by atoms with Crippen molar-refractivity contribution in [1.82, 2.24) is 0 Å². The van der Waals surface area contributed by atoms with Crippen LogP contribution in [0.1, 0.15) is 6.42 Å². The quantitative estimate of drug-likeness (QED) is 0.390. The summed E-state index contributed by atoms with van der Waals surface area (Å²) >= 11 is 0. The number of allylic oxidation sites excluding steroid dienone is 4. The molecule has 0 unspecified atom stereocenters. The Labute approximate surface area is 124 Å². The van der Waals surface area contributed by atoms with Crippen LogP contribution in [0.5, 0.6) is 0 Å². The topological polar surface area (TPSA) is 0 Å². The van der Waals surface area contributed by atoms with E-state index in [0.717, 1.165) is 6.42 Å². The van der Waals surface area contributed by atoms with Gasteiger partial charge in [0.25, 0.3) is 0 Å². The van der Waals surface area contributed by atoms with Crippen LogP contribution >= 0.6 is 0 Å². The first-order chi connectivity index (χ1) is 7.23. The van der Waals surface area contributed by atoms with E-state index in [4.69, 9.17) is 0 Å². The normalized spacial score (nSPS) is 8.58. The van der Waals surface area contributed by atoms with Crippen molar-refractivity contribution in [2.75, 3.05) is 0 Å². The van der Waals surface area contributed by atoms with Crippen molar-refractivity contribution in [2.24, 2.45) is 0 Å². The Morgan fingerprint density at radius 3 is 1.00 bits per heavy atom. The van der Waals surface area contributed by atoms with Crippen molar-refractivity contribution in [3.05, 3.63) is 75.6 Å². The fourth-order valence-electron chi connectivity index (χ4n) is 0.778. The summed E-state index contributed by atoms with van der Waals surface area (Å²) in [5.41, 5.74) is 0. The van der Waals surface area contributed by atoms with Crippen LogP contribution in [0.3, 0.4) is 0 Å². The second-order valence-corrected chi connectivity index (χ2v) is 2.49. The molecule has 6 heteroatoms. The minimum atomic E-state index is -3.67. The zero-order valence-electron chi connectivity index (χ0n) is 10.9. The van der Waals surface area contributed by atoms with Crippen molar-refractivity contribution in [2.45, 2.75) is 6.42 Å². The van der Waals surface area contributed by atoms with Crippen LogP contribution in [0, 0.1) is 14.9 Å². The molecule has 1 aliphatic carbocycles. The van der Waals surface area contributed by atoms with E-state index >= 15 is 0 Å². The molecule has 0 aromatic heterocycles. The van der Waals surface area contributed by atoms with E-state index in [0.29, 0.717) is 0 Å². The van der Waals surface area contributed by atoms with E-state index in [2.05, 4.69) is 24.3 Å². The third-order valence-electron chi connectivity index (χ3n) is 1.32. The van der Waals surface area contributed by atoms with Crippen molar-refractivity contribution >= 4 is 7.54 Å². The predicted molar refractivity (Wildman–Crippen MR) is 71.2 cm³/mol. The number of hydrogen-bond donors (Lipinski definition) is 0. The summed E-state index contributed by atoms with van der Waals surface area (Å²) in [6.07, 6.45) is 9.50. The molecule has 0 saturated carbocycles. The van der Waals surface area contributed by atoms with Gasteiger partial charge in [-0.15, -0.1) is 0 Å². The molecular weight excluding hydrogens is 299 g/mol. The molecule has 0 spiro atoms.